The minimum atomic E-state index is 0.155. The van der Waals surface area contributed by atoms with Crippen LogP contribution in [0.15, 0.2) is 18.2 Å². The molecule has 3 atom stereocenters. The molecule has 1 amide bonds. The van der Waals surface area contributed by atoms with Crippen LogP contribution in [-0.4, -0.2) is 13.0 Å². The van der Waals surface area contributed by atoms with Crippen LogP contribution in [0.2, 0.25) is 0 Å². The lowest BCUT2D eigenvalue weighted by atomic mass is 9.88. The third kappa shape index (κ3) is 2.48. The van der Waals surface area contributed by atoms with E-state index in [1.165, 1.54) is 30.4 Å². The van der Waals surface area contributed by atoms with Gasteiger partial charge in [-0.3, -0.25) is 4.79 Å². The summed E-state index contributed by atoms with van der Waals surface area (Å²) in [5.74, 6) is 2.98. The maximum atomic E-state index is 11.6. The van der Waals surface area contributed by atoms with Gasteiger partial charge in [-0.2, -0.15) is 0 Å². The molecule has 2 fully saturated rings. The molecule has 0 radical (unpaired) electrons. The van der Waals surface area contributed by atoms with Crippen LogP contribution in [0.25, 0.3) is 0 Å². The number of rotatable bonds is 3. The van der Waals surface area contributed by atoms with E-state index >= 15 is 0 Å². The second kappa shape index (κ2) is 5.13. The zero-order chi connectivity index (χ0) is 14.4. The molecule has 3 heteroatoms. The van der Waals surface area contributed by atoms with Gasteiger partial charge in [0.05, 0.1) is 0 Å². The molecule has 4 rings (SSSR count). The van der Waals surface area contributed by atoms with Crippen molar-refractivity contribution in [3.63, 3.8) is 0 Å². The maximum Gasteiger partial charge on any atom is 0.224 e. The minimum absolute atomic E-state index is 0.155. The molecule has 1 heterocycles. The number of hydrogen-bond donors (Lipinski definition) is 2. The molecule has 0 aromatic heterocycles. The van der Waals surface area contributed by atoms with E-state index in [2.05, 4.69) is 35.9 Å². The van der Waals surface area contributed by atoms with Gasteiger partial charge in [-0.15, -0.1) is 0 Å². The maximum absolute atomic E-state index is 11.6. The summed E-state index contributed by atoms with van der Waals surface area (Å²) in [5, 5.41) is 6.58. The quantitative estimate of drug-likeness (QED) is 0.894. The van der Waals surface area contributed by atoms with E-state index in [1.807, 2.05) is 0 Å². The predicted octanol–water partition coefficient (Wildman–Crippen LogP) is 3.27. The third-order valence-electron chi connectivity index (χ3n) is 5.67. The average Bonchev–Trinajstić information content (AvgIpc) is 3.14. The largest absolute Gasteiger partial charge is 0.326 e. The van der Waals surface area contributed by atoms with Crippen LogP contribution in [0, 0.1) is 17.8 Å². The van der Waals surface area contributed by atoms with Gasteiger partial charge < -0.3 is 10.6 Å². The number of aryl methyl sites for hydroxylation is 1. The fraction of sp³-hybridized carbons (Fsp3) is 0.611. The lowest BCUT2D eigenvalue weighted by molar-refractivity contribution is -0.116. The number of amides is 1. The van der Waals surface area contributed by atoms with E-state index < -0.39 is 0 Å². The smallest absolute Gasteiger partial charge is 0.224 e. The van der Waals surface area contributed by atoms with Gasteiger partial charge in [0.15, 0.2) is 0 Å². The van der Waals surface area contributed by atoms with Crippen molar-refractivity contribution in [3.05, 3.63) is 29.3 Å². The summed E-state index contributed by atoms with van der Waals surface area (Å²) >= 11 is 0. The molecule has 3 aliphatic rings. The van der Waals surface area contributed by atoms with Gasteiger partial charge in [0, 0.05) is 18.2 Å². The standard InChI is InChI=1S/C18H24N2O/c1-19-18(15-9-13-8-14(13)10-15)12-5-6-16-11(7-12)3-2-4-17(21)20-16/h5-7,13-15,18-19H,2-4,8-10H2,1H3,(H,20,21). The second-order valence-electron chi connectivity index (χ2n) is 7.07. The lowest BCUT2D eigenvalue weighted by Crippen LogP contribution is -2.24. The van der Waals surface area contributed by atoms with Crippen LogP contribution in [0.3, 0.4) is 0 Å². The van der Waals surface area contributed by atoms with Crippen molar-refractivity contribution in [1.29, 1.82) is 0 Å². The normalized spacial score (nSPS) is 31.9. The highest BCUT2D eigenvalue weighted by Crippen LogP contribution is 2.57. The molecular formula is C18H24N2O. The van der Waals surface area contributed by atoms with E-state index in [0.29, 0.717) is 12.5 Å². The molecule has 2 aliphatic carbocycles. The first-order valence-corrected chi connectivity index (χ1v) is 8.34. The molecule has 0 spiro atoms. The Hall–Kier alpha value is -1.35. The molecule has 2 saturated carbocycles. The number of anilines is 1. The monoisotopic (exact) mass is 284 g/mol. The van der Waals surface area contributed by atoms with Crippen LogP contribution >= 0.6 is 0 Å². The van der Waals surface area contributed by atoms with Crippen LogP contribution in [0.4, 0.5) is 5.69 Å². The molecule has 1 aromatic carbocycles. The first kappa shape index (κ1) is 13.3. The second-order valence-corrected chi connectivity index (χ2v) is 7.07. The highest BCUT2D eigenvalue weighted by molar-refractivity contribution is 5.92. The van der Waals surface area contributed by atoms with Crippen molar-refractivity contribution in [1.82, 2.24) is 5.32 Å². The predicted molar refractivity (Wildman–Crippen MR) is 84.1 cm³/mol. The molecule has 21 heavy (non-hydrogen) atoms. The van der Waals surface area contributed by atoms with Crippen LogP contribution < -0.4 is 10.6 Å². The molecular weight excluding hydrogens is 260 g/mol. The van der Waals surface area contributed by atoms with Crippen LogP contribution in [0.5, 0.6) is 0 Å². The lowest BCUT2D eigenvalue weighted by Gasteiger charge is -2.25. The van der Waals surface area contributed by atoms with E-state index in [1.54, 1.807) is 0 Å². The van der Waals surface area contributed by atoms with E-state index in [-0.39, 0.29) is 5.91 Å². The number of hydrogen-bond acceptors (Lipinski definition) is 2. The Morgan fingerprint density at radius 1 is 1.19 bits per heavy atom. The van der Waals surface area contributed by atoms with Gasteiger partial charge >= 0.3 is 0 Å². The first-order chi connectivity index (χ1) is 10.2. The number of fused-ring (bicyclic) bond motifs is 2. The highest BCUT2D eigenvalue weighted by atomic mass is 16.1. The third-order valence-corrected chi connectivity index (χ3v) is 5.67. The summed E-state index contributed by atoms with van der Waals surface area (Å²) in [6, 6.07) is 7.11. The van der Waals surface area contributed by atoms with Gasteiger partial charge in [0.2, 0.25) is 5.91 Å². The summed E-state index contributed by atoms with van der Waals surface area (Å²) in [4.78, 5) is 11.6. The highest BCUT2D eigenvalue weighted by Gasteiger charge is 2.47. The minimum Gasteiger partial charge on any atom is -0.326 e. The Morgan fingerprint density at radius 3 is 2.76 bits per heavy atom. The molecule has 112 valence electrons. The van der Waals surface area contributed by atoms with Crippen molar-refractivity contribution < 1.29 is 4.79 Å². The van der Waals surface area contributed by atoms with E-state index in [9.17, 15) is 4.79 Å². The Bertz CT molecular complexity index is 558. The zero-order valence-electron chi connectivity index (χ0n) is 12.7. The summed E-state index contributed by atoms with van der Waals surface area (Å²) < 4.78 is 0. The van der Waals surface area contributed by atoms with Gasteiger partial charge in [0.25, 0.3) is 0 Å². The molecule has 1 aromatic rings. The van der Waals surface area contributed by atoms with Crippen LogP contribution in [0.1, 0.15) is 49.3 Å². The fourth-order valence-corrected chi connectivity index (χ4v) is 4.50. The molecule has 0 bridgehead atoms. The Balaban J connectivity index is 1.59. The number of nitrogens with one attached hydrogen (secondary N) is 2. The molecule has 3 nitrogen and oxygen atoms in total. The fourth-order valence-electron chi connectivity index (χ4n) is 4.50. The summed E-state index contributed by atoms with van der Waals surface area (Å²) in [5.41, 5.74) is 3.73. The van der Waals surface area contributed by atoms with Crippen molar-refractivity contribution in [2.75, 3.05) is 12.4 Å². The number of benzene rings is 1. The van der Waals surface area contributed by atoms with Gasteiger partial charge in [-0.05, 0) is 74.1 Å². The van der Waals surface area contributed by atoms with Crippen molar-refractivity contribution in [3.8, 4) is 0 Å². The molecule has 3 unspecified atom stereocenters. The Kier molecular flexibility index (Phi) is 3.26. The number of carbonyl (C=O) groups is 1. The van der Waals surface area contributed by atoms with Gasteiger partial charge in [-0.1, -0.05) is 12.1 Å². The first-order valence-electron chi connectivity index (χ1n) is 8.34. The van der Waals surface area contributed by atoms with Crippen molar-refractivity contribution in [2.24, 2.45) is 17.8 Å². The molecule has 1 aliphatic heterocycles. The Labute approximate surface area is 126 Å². The zero-order valence-corrected chi connectivity index (χ0v) is 12.7. The van der Waals surface area contributed by atoms with Gasteiger partial charge in [0.1, 0.15) is 0 Å². The molecule has 0 saturated heterocycles. The summed E-state index contributed by atoms with van der Waals surface area (Å²) in [7, 11) is 2.09. The van der Waals surface area contributed by atoms with Crippen LogP contribution in [-0.2, 0) is 11.2 Å². The molecule has 2 N–H and O–H groups in total. The van der Waals surface area contributed by atoms with E-state index in [4.69, 9.17) is 0 Å². The van der Waals surface area contributed by atoms with Gasteiger partial charge in [-0.25, -0.2) is 0 Å². The Morgan fingerprint density at radius 2 is 2.00 bits per heavy atom. The number of carbonyl (C=O) groups excluding carboxylic acids is 1. The summed E-state index contributed by atoms with van der Waals surface area (Å²) in [6.07, 6.45) is 6.87. The van der Waals surface area contributed by atoms with Crippen molar-refractivity contribution >= 4 is 11.6 Å². The van der Waals surface area contributed by atoms with E-state index in [0.717, 1.165) is 36.3 Å². The topological polar surface area (TPSA) is 41.1 Å². The SMILES string of the molecule is CNC(c1ccc2c(c1)CCCC(=O)N2)C1CC2CC2C1. The average molecular weight is 284 g/mol. The summed E-state index contributed by atoms with van der Waals surface area (Å²) in [6.45, 7) is 0. The van der Waals surface area contributed by atoms with Crippen molar-refractivity contribution in [2.45, 2.75) is 44.6 Å².